The number of aromatic nitrogens is 1. The first-order chi connectivity index (χ1) is 17.5. The zero-order chi connectivity index (χ0) is 25.1. The van der Waals surface area contributed by atoms with Gasteiger partial charge in [-0.15, -0.1) is 0 Å². The molecule has 0 aliphatic carbocycles. The van der Waals surface area contributed by atoms with Crippen LogP contribution in [0.4, 0.5) is 11.4 Å². The summed E-state index contributed by atoms with van der Waals surface area (Å²) in [7, 11) is 0. The number of benzene rings is 2. The van der Waals surface area contributed by atoms with Crippen LogP contribution in [-0.2, 0) is 4.79 Å². The van der Waals surface area contributed by atoms with E-state index in [1.807, 2.05) is 60.4 Å². The maximum atomic E-state index is 13.7. The molecule has 2 aliphatic heterocycles. The molecule has 186 valence electrons. The number of nitrogens with one attached hydrogen (secondary N) is 1. The lowest BCUT2D eigenvalue weighted by molar-refractivity contribution is -0.123. The number of piperidine rings is 1. The molecule has 1 aromatic heterocycles. The van der Waals surface area contributed by atoms with Crippen molar-refractivity contribution in [3.05, 3.63) is 88.7 Å². The molecule has 3 aromatic rings. The van der Waals surface area contributed by atoms with Crippen LogP contribution in [0, 0.1) is 12.8 Å². The molecular weight excluding hydrogens is 472 g/mol. The number of carbonyl (C=O) groups excluding carboxylic acids is 2. The van der Waals surface area contributed by atoms with Gasteiger partial charge in [-0.3, -0.25) is 9.59 Å². The summed E-state index contributed by atoms with van der Waals surface area (Å²) >= 11 is 6.08. The van der Waals surface area contributed by atoms with Crippen molar-refractivity contribution in [3.8, 4) is 0 Å². The fraction of sp³-hybridized carbons (Fsp3) is 0.345. The van der Waals surface area contributed by atoms with Crippen LogP contribution >= 0.6 is 11.6 Å². The van der Waals surface area contributed by atoms with Crippen LogP contribution in [0.5, 0.6) is 0 Å². The molecule has 36 heavy (non-hydrogen) atoms. The predicted molar refractivity (Wildman–Crippen MR) is 143 cm³/mol. The zero-order valence-electron chi connectivity index (χ0n) is 20.5. The molecule has 2 saturated heterocycles. The summed E-state index contributed by atoms with van der Waals surface area (Å²) in [6, 6.07) is 19.3. The summed E-state index contributed by atoms with van der Waals surface area (Å²) in [5, 5.41) is 3.65. The highest BCUT2D eigenvalue weighted by atomic mass is 35.5. The summed E-state index contributed by atoms with van der Waals surface area (Å²) < 4.78 is 0. The van der Waals surface area contributed by atoms with Gasteiger partial charge in [0.05, 0.1) is 17.0 Å². The second-order valence-corrected chi connectivity index (χ2v) is 10.1. The topological polar surface area (TPSA) is 65.5 Å². The van der Waals surface area contributed by atoms with E-state index < -0.39 is 0 Å². The minimum absolute atomic E-state index is 0.0688. The van der Waals surface area contributed by atoms with E-state index in [0.29, 0.717) is 23.7 Å². The number of carbonyl (C=O) groups is 2. The smallest absolute Gasteiger partial charge is 0.273 e. The first-order valence-corrected chi connectivity index (χ1v) is 13.0. The predicted octanol–water partition coefficient (Wildman–Crippen LogP) is 5.88. The summed E-state index contributed by atoms with van der Waals surface area (Å²) in [5.74, 6) is -0.625. The average Bonchev–Trinajstić information content (AvgIpc) is 3.44. The third kappa shape index (κ3) is 5.09. The summed E-state index contributed by atoms with van der Waals surface area (Å²) in [4.78, 5) is 35.9. The van der Waals surface area contributed by atoms with E-state index in [2.05, 4.69) is 21.3 Å². The molecule has 0 saturated carbocycles. The van der Waals surface area contributed by atoms with E-state index in [-0.39, 0.29) is 23.8 Å². The molecule has 0 unspecified atom stereocenters. The Kier molecular flexibility index (Phi) is 7.23. The maximum Gasteiger partial charge on any atom is 0.273 e. The molecule has 1 N–H and O–H groups in total. The van der Waals surface area contributed by atoms with E-state index in [0.717, 1.165) is 42.0 Å². The van der Waals surface area contributed by atoms with Crippen molar-refractivity contribution in [1.29, 1.82) is 0 Å². The Bertz CT molecular complexity index is 1240. The number of nitrogens with zero attached hydrogens (tertiary/aromatic N) is 3. The third-order valence-corrected chi connectivity index (χ3v) is 7.41. The molecule has 2 fully saturated rings. The quantitative estimate of drug-likeness (QED) is 0.473. The second-order valence-electron chi connectivity index (χ2n) is 9.66. The van der Waals surface area contributed by atoms with E-state index in [9.17, 15) is 9.59 Å². The molecule has 2 amide bonds. The minimum Gasteiger partial charge on any atom is -0.371 e. The lowest BCUT2D eigenvalue weighted by Gasteiger charge is -2.41. The van der Waals surface area contributed by atoms with Gasteiger partial charge in [-0.05, 0) is 68.0 Å². The number of hydrogen-bond donors (Lipinski definition) is 1. The molecule has 5 rings (SSSR count). The molecule has 7 heteroatoms. The van der Waals surface area contributed by atoms with Crippen LogP contribution in [0.25, 0.3) is 0 Å². The normalized spacial score (nSPS) is 19.8. The van der Waals surface area contributed by atoms with Crippen LogP contribution in [-0.4, -0.2) is 41.3 Å². The number of amides is 2. The van der Waals surface area contributed by atoms with Crippen LogP contribution < -0.4 is 10.2 Å². The Morgan fingerprint density at radius 1 is 0.972 bits per heavy atom. The maximum absolute atomic E-state index is 13.7. The van der Waals surface area contributed by atoms with Gasteiger partial charge in [-0.25, -0.2) is 4.98 Å². The Morgan fingerprint density at radius 3 is 2.50 bits per heavy atom. The third-order valence-electron chi connectivity index (χ3n) is 7.20. The molecule has 3 heterocycles. The molecule has 2 aliphatic rings. The number of aryl methyl sites for hydroxylation is 1. The van der Waals surface area contributed by atoms with E-state index in [4.69, 9.17) is 11.6 Å². The number of halogens is 1. The van der Waals surface area contributed by atoms with E-state index in [1.54, 1.807) is 6.07 Å². The van der Waals surface area contributed by atoms with Crippen LogP contribution in [0.3, 0.4) is 0 Å². The van der Waals surface area contributed by atoms with Crippen LogP contribution in [0.15, 0.2) is 66.9 Å². The highest BCUT2D eigenvalue weighted by Crippen LogP contribution is 2.38. The molecular formula is C29H31ClN4O2. The largest absolute Gasteiger partial charge is 0.371 e. The monoisotopic (exact) mass is 502 g/mol. The van der Waals surface area contributed by atoms with Gasteiger partial charge in [-0.2, -0.15) is 0 Å². The minimum atomic E-state index is -0.383. The van der Waals surface area contributed by atoms with Gasteiger partial charge >= 0.3 is 0 Å². The van der Waals surface area contributed by atoms with Crippen molar-refractivity contribution in [2.45, 2.75) is 38.6 Å². The van der Waals surface area contributed by atoms with E-state index >= 15 is 0 Å². The molecule has 0 bridgehead atoms. The number of anilines is 2. The standard InChI is InChI=1S/C29H31ClN4O2/c1-20-17-22(30)19-31-26(20)29(36)34-16-8-13-25(27(34)21-9-3-2-4-10-21)28(35)32-23-11-7-12-24(18-23)33-14-5-6-15-33/h2-4,7,9-12,17-19,25,27H,5-6,8,13-16H2,1H3,(H,32,35)/t25-,27-/m0/s1. The van der Waals surface area contributed by atoms with Crippen molar-refractivity contribution in [2.24, 2.45) is 5.92 Å². The van der Waals surface area contributed by atoms with E-state index in [1.165, 1.54) is 19.0 Å². The fourth-order valence-electron chi connectivity index (χ4n) is 5.45. The number of pyridine rings is 1. The van der Waals surface area contributed by atoms with Crippen LogP contribution in [0.2, 0.25) is 5.02 Å². The van der Waals surface area contributed by atoms with Gasteiger partial charge < -0.3 is 15.1 Å². The van der Waals surface area contributed by atoms with Crippen LogP contribution in [0.1, 0.15) is 53.3 Å². The Balaban J connectivity index is 1.43. The van der Waals surface area contributed by atoms with Crippen molar-refractivity contribution >= 4 is 34.8 Å². The van der Waals surface area contributed by atoms with Crippen molar-refractivity contribution in [3.63, 3.8) is 0 Å². The highest BCUT2D eigenvalue weighted by Gasteiger charge is 2.40. The Morgan fingerprint density at radius 2 is 1.75 bits per heavy atom. The summed E-state index contributed by atoms with van der Waals surface area (Å²) in [6.45, 7) is 4.50. The number of rotatable bonds is 5. The lowest BCUT2D eigenvalue weighted by atomic mass is 9.83. The summed E-state index contributed by atoms with van der Waals surface area (Å²) in [6.07, 6.45) is 5.34. The van der Waals surface area contributed by atoms with Gasteiger partial charge in [0.25, 0.3) is 5.91 Å². The highest BCUT2D eigenvalue weighted by molar-refractivity contribution is 6.30. The zero-order valence-corrected chi connectivity index (χ0v) is 21.2. The molecule has 6 nitrogen and oxygen atoms in total. The van der Waals surface area contributed by atoms with Gasteiger partial charge in [-0.1, -0.05) is 48.0 Å². The SMILES string of the molecule is Cc1cc(Cl)cnc1C(=O)N1CCC[C@H](C(=O)Nc2cccc(N3CCCC3)c2)[C@@H]1c1ccccc1. The fourth-order valence-corrected chi connectivity index (χ4v) is 5.66. The average molecular weight is 503 g/mol. The second kappa shape index (κ2) is 10.7. The van der Waals surface area contributed by atoms with Gasteiger partial charge in [0, 0.05) is 37.2 Å². The molecule has 0 spiro atoms. The van der Waals surface area contributed by atoms with Gasteiger partial charge in [0.1, 0.15) is 5.69 Å². The molecule has 2 aromatic carbocycles. The number of hydrogen-bond acceptors (Lipinski definition) is 4. The Labute approximate surface area is 217 Å². The van der Waals surface area contributed by atoms with Crippen molar-refractivity contribution < 1.29 is 9.59 Å². The molecule has 0 radical (unpaired) electrons. The van der Waals surface area contributed by atoms with Crippen molar-refractivity contribution in [1.82, 2.24) is 9.88 Å². The van der Waals surface area contributed by atoms with Crippen molar-refractivity contribution in [2.75, 3.05) is 29.9 Å². The molecule has 2 atom stereocenters. The summed E-state index contributed by atoms with van der Waals surface area (Å²) in [5.41, 5.74) is 3.97. The van der Waals surface area contributed by atoms with Gasteiger partial charge in [0.15, 0.2) is 0 Å². The lowest BCUT2D eigenvalue weighted by Crippen LogP contribution is -2.46. The Hall–Kier alpha value is -3.38. The first-order valence-electron chi connectivity index (χ1n) is 12.7. The number of likely N-dealkylation sites (tertiary alicyclic amines) is 1. The van der Waals surface area contributed by atoms with Gasteiger partial charge in [0.2, 0.25) is 5.91 Å². The first kappa shape index (κ1) is 24.3.